The summed E-state index contributed by atoms with van der Waals surface area (Å²) in [6, 6.07) is 0.605. The molecule has 1 aliphatic carbocycles. The SMILES string of the molecule is CCC1CCC(CNC(C)C)C(Cc2cncs2)C1. The summed E-state index contributed by atoms with van der Waals surface area (Å²) in [4.78, 5) is 5.70. The van der Waals surface area contributed by atoms with Crippen molar-refractivity contribution in [3.05, 3.63) is 16.6 Å². The number of nitrogens with zero attached hydrogens (tertiary/aromatic N) is 1. The van der Waals surface area contributed by atoms with Crippen LogP contribution in [0.3, 0.4) is 0 Å². The third-order valence-electron chi connectivity index (χ3n) is 4.56. The van der Waals surface area contributed by atoms with Gasteiger partial charge in [0.1, 0.15) is 0 Å². The van der Waals surface area contributed by atoms with E-state index >= 15 is 0 Å². The van der Waals surface area contributed by atoms with Crippen molar-refractivity contribution in [1.29, 1.82) is 0 Å². The molecular weight excluding hydrogens is 252 g/mol. The standard InChI is InChI=1S/C16H28N2S/c1-4-13-5-6-14(9-18-12(2)3)15(7-13)8-16-10-17-11-19-16/h10-15,18H,4-9H2,1-3H3. The maximum atomic E-state index is 4.23. The highest BCUT2D eigenvalue weighted by molar-refractivity contribution is 7.09. The van der Waals surface area contributed by atoms with Crippen molar-refractivity contribution in [1.82, 2.24) is 10.3 Å². The molecule has 1 aliphatic rings. The van der Waals surface area contributed by atoms with Crippen LogP contribution < -0.4 is 5.32 Å². The molecule has 3 atom stereocenters. The minimum absolute atomic E-state index is 0.605. The molecule has 0 radical (unpaired) electrons. The van der Waals surface area contributed by atoms with Gasteiger partial charge in [-0.3, -0.25) is 4.98 Å². The summed E-state index contributed by atoms with van der Waals surface area (Å²) in [7, 11) is 0. The topological polar surface area (TPSA) is 24.9 Å². The zero-order valence-corrected chi connectivity index (χ0v) is 13.4. The van der Waals surface area contributed by atoms with Gasteiger partial charge in [0, 0.05) is 17.1 Å². The molecule has 1 saturated carbocycles. The van der Waals surface area contributed by atoms with Crippen LogP contribution in [0.2, 0.25) is 0 Å². The summed E-state index contributed by atoms with van der Waals surface area (Å²) in [6.45, 7) is 8.03. The van der Waals surface area contributed by atoms with Gasteiger partial charge in [-0.2, -0.15) is 0 Å². The molecule has 0 saturated heterocycles. The van der Waals surface area contributed by atoms with Gasteiger partial charge in [-0.1, -0.05) is 33.6 Å². The molecular formula is C16H28N2S. The predicted molar refractivity (Wildman–Crippen MR) is 83.6 cm³/mol. The Balaban J connectivity index is 1.94. The van der Waals surface area contributed by atoms with Crippen molar-refractivity contribution in [2.75, 3.05) is 6.54 Å². The molecule has 0 bridgehead atoms. The van der Waals surface area contributed by atoms with Crippen LogP contribution in [-0.2, 0) is 6.42 Å². The molecule has 0 spiro atoms. The lowest BCUT2D eigenvalue weighted by Crippen LogP contribution is -2.36. The van der Waals surface area contributed by atoms with Gasteiger partial charge in [-0.25, -0.2) is 0 Å². The van der Waals surface area contributed by atoms with E-state index in [-0.39, 0.29) is 0 Å². The first kappa shape index (κ1) is 15.0. The van der Waals surface area contributed by atoms with Gasteiger partial charge in [0.25, 0.3) is 0 Å². The first-order chi connectivity index (χ1) is 9.19. The van der Waals surface area contributed by atoms with E-state index in [0.717, 1.165) is 17.8 Å². The lowest BCUT2D eigenvalue weighted by Gasteiger charge is -2.36. The quantitative estimate of drug-likeness (QED) is 0.847. The fourth-order valence-corrected chi connectivity index (χ4v) is 3.99. The van der Waals surface area contributed by atoms with Gasteiger partial charge in [0.2, 0.25) is 0 Å². The van der Waals surface area contributed by atoms with Gasteiger partial charge in [-0.05, 0) is 43.6 Å². The highest BCUT2D eigenvalue weighted by Gasteiger charge is 2.29. The lowest BCUT2D eigenvalue weighted by atomic mass is 9.71. The van der Waals surface area contributed by atoms with E-state index in [9.17, 15) is 0 Å². The fourth-order valence-electron chi connectivity index (χ4n) is 3.30. The van der Waals surface area contributed by atoms with Crippen molar-refractivity contribution >= 4 is 11.3 Å². The van der Waals surface area contributed by atoms with Crippen molar-refractivity contribution in [2.24, 2.45) is 17.8 Å². The third-order valence-corrected chi connectivity index (χ3v) is 5.36. The Morgan fingerprint density at radius 2 is 2.21 bits per heavy atom. The second-order valence-corrected chi connectivity index (χ2v) is 7.31. The predicted octanol–water partition coefficient (Wildman–Crippen LogP) is 4.13. The molecule has 0 amide bonds. The van der Waals surface area contributed by atoms with E-state index in [4.69, 9.17) is 0 Å². The van der Waals surface area contributed by atoms with Gasteiger partial charge >= 0.3 is 0 Å². The van der Waals surface area contributed by atoms with Crippen LogP contribution in [0.1, 0.15) is 51.3 Å². The summed E-state index contributed by atoms with van der Waals surface area (Å²) >= 11 is 1.82. The average Bonchev–Trinajstić information content (AvgIpc) is 2.90. The molecule has 19 heavy (non-hydrogen) atoms. The largest absolute Gasteiger partial charge is 0.314 e. The van der Waals surface area contributed by atoms with Crippen molar-refractivity contribution in [3.8, 4) is 0 Å². The van der Waals surface area contributed by atoms with Crippen LogP contribution in [0.5, 0.6) is 0 Å². The molecule has 0 aliphatic heterocycles. The second-order valence-electron chi connectivity index (χ2n) is 6.34. The Labute approximate surface area is 122 Å². The number of rotatable bonds is 6. The third kappa shape index (κ3) is 4.57. The van der Waals surface area contributed by atoms with Gasteiger partial charge in [-0.15, -0.1) is 11.3 Å². The van der Waals surface area contributed by atoms with E-state index < -0.39 is 0 Å². The van der Waals surface area contributed by atoms with Crippen LogP contribution >= 0.6 is 11.3 Å². The summed E-state index contributed by atoms with van der Waals surface area (Å²) in [5.74, 6) is 2.66. The Morgan fingerprint density at radius 3 is 2.84 bits per heavy atom. The van der Waals surface area contributed by atoms with Crippen molar-refractivity contribution < 1.29 is 0 Å². The normalized spacial score (nSPS) is 27.9. The minimum atomic E-state index is 0.605. The van der Waals surface area contributed by atoms with Crippen LogP contribution in [-0.4, -0.2) is 17.6 Å². The van der Waals surface area contributed by atoms with Gasteiger partial charge < -0.3 is 5.32 Å². The summed E-state index contributed by atoms with van der Waals surface area (Å²) in [5, 5.41) is 3.65. The molecule has 1 heterocycles. The number of nitrogens with one attached hydrogen (secondary N) is 1. The number of hydrogen-bond acceptors (Lipinski definition) is 3. The molecule has 1 aromatic rings. The van der Waals surface area contributed by atoms with E-state index in [1.165, 1.54) is 43.5 Å². The van der Waals surface area contributed by atoms with E-state index in [1.54, 1.807) is 0 Å². The highest BCUT2D eigenvalue weighted by atomic mass is 32.1. The van der Waals surface area contributed by atoms with Crippen LogP contribution in [0, 0.1) is 17.8 Å². The highest BCUT2D eigenvalue weighted by Crippen LogP contribution is 2.37. The van der Waals surface area contributed by atoms with Gasteiger partial charge in [0.15, 0.2) is 0 Å². The van der Waals surface area contributed by atoms with E-state index in [2.05, 4.69) is 37.3 Å². The molecule has 1 N–H and O–H groups in total. The zero-order chi connectivity index (χ0) is 13.7. The molecule has 2 nitrogen and oxygen atoms in total. The second kappa shape index (κ2) is 7.39. The molecule has 3 unspecified atom stereocenters. The first-order valence-electron chi connectivity index (χ1n) is 7.79. The number of aromatic nitrogens is 1. The van der Waals surface area contributed by atoms with E-state index in [0.29, 0.717) is 6.04 Å². The smallest absolute Gasteiger partial charge is 0.0794 e. The molecule has 108 valence electrons. The van der Waals surface area contributed by atoms with Crippen molar-refractivity contribution in [2.45, 2.75) is 58.9 Å². The lowest BCUT2D eigenvalue weighted by molar-refractivity contribution is 0.169. The Kier molecular flexibility index (Phi) is 5.83. The van der Waals surface area contributed by atoms with Crippen LogP contribution in [0.4, 0.5) is 0 Å². The molecule has 2 rings (SSSR count). The monoisotopic (exact) mass is 280 g/mol. The summed E-state index contributed by atoms with van der Waals surface area (Å²) < 4.78 is 0. The van der Waals surface area contributed by atoms with Crippen LogP contribution in [0.15, 0.2) is 11.7 Å². The number of hydrogen-bond donors (Lipinski definition) is 1. The Hall–Kier alpha value is -0.410. The summed E-state index contributed by atoms with van der Waals surface area (Å²) in [6.07, 6.45) is 8.91. The van der Waals surface area contributed by atoms with E-state index in [1.807, 2.05) is 16.8 Å². The first-order valence-corrected chi connectivity index (χ1v) is 8.67. The maximum Gasteiger partial charge on any atom is 0.0794 e. The summed E-state index contributed by atoms with van der Waals surface area (Å²) in [5.41, 5.74) is 1.97. The molecule has 1 aromatic heterocycles. The number of thiazole rings is 1. The van der Waals surface area contributed by atoms with Gasteiger partial charge in [0.05, 0.1) is 5.51 Å². The molecule has 1 fully saturated rings. The van der Waals surface area contributed by atoms with Crippen LogP contribution in [0.25, 0.3) is 0 Å². The minimum Gasteiger partial charge on any atom is -0.314 e. The Bertz CT molecular complexity index is 348. The average molecular weight is 280 g/mol. The Morgan fingerprint density at radius 1 is 1.37 bits per heavy atom. The molecule has 3 heteroatoms. The zero-order valence-electron chi connectivity index (χ0n) is 12.6. The fraction of sp³-hybridized carbons (Fsp3) is 0.812. The molecule has 0 aromatic carbocycles. The maximum absolute atomic E-state index is 4.23. The van der Waals surface area contributed by atoms with Crippen molar-refractivity contribution in [3.63, 3.8) is 0 Å².